The summed E-state index contributed by atoms with van der Waals surface area (Å²) in [6.45, 7) is 1.92. The highest BCUT2D eigenvalue weighted by atomic mass is 32.1. The molecule has 5 nitrogen and oxygen atoms in total. The predicted octanol–water partition coefficient (Wildman–Crippen LogP) is 2.87. The maximum Gasteiger partial charge on any atom is 0.261 e. The van der Waals surface area contributed by atoms with Gasteiger partial charge in [0.05, 0.1) is 4.88 Å². The number of ether oxygens (including phenoxy) is 1. The third-order valence-electron chi connectivity index (χ3n) is 4.51. The monoisotopic (exact) mass is 329 g/mol. The van der Waals surface area contributed by atoms with Gasteiger partial charge < -0.3 is 15.4 Å². The van der Waals surface area contributed by atoms with Crippen molar-refractivity contribution < 1.29 is 9.53 Å². The van der Waals surface area contributed by atoms with Gasteiger partial charge in [-0.3, -0.25) is 9.78 Å². The van der Waals surface area contributed by atoms with Crippen LogP contribution < -0.4 is 15.4 Å². The van der Waals surface area contributed by atoms with Crippen molar-refractivity contribution in [2.24, 2.45) is 0 Å². The Morgan fingerprint density at radius 3 is 3.04 bits per heavy atom. The number of rotatable bonds is 4. The zero-order chi connectivity index (χ0) is 15.8. The first-order chi connectivity index (χ1) is 11.2. The number of pyridine rings is 1. The van der Waals surface area contributed by atoms with Crippen LogP contribution in [0, 0.1) is 6.92 Å². The molecule has 4 heterocycles. The van der Waals surface area contributed by atoms with E-state index in [2.05, 4.69) is 15.6 Å². The van der Waals surface area contributed by atoms with Crippen molar-refractivity contribution >= 4 is 17.2 Å². The second-order valence-electron chi connectivity index (χ2n) is 6.22. The van der Waals surface area contributed by atoms with Crippen LogP contribution in [-0.4, -0.2) is 29.0 Å². The van der Waals surface area contributed by atoms with E-state index in [0.717, 1.165) is 24.3 Å². The number of aromatic nitrogens is 1. The van der Waals surface area contributed by atoms with Gasteiger partial charge in [0.15, 0.2) is 5.06 Å². The zero-order valence-electron chi connectivity index (χ0n) is 12.9. The maximum atomic E-state index is 12.4. The largest absolute Gasteiger partial charge is 0.447 e. The fourth-order valence-electron chi connectivity index (χ4n) is 3.42. The van der Waals surface area contributed by atoms with Crippen LogP contribution in [-0.2, 0) is 0 Å². The number of amides is 1. The average molecular weight is 329 g/mol. The predicted molar refractivity (Wildman–Crippen MR) is 89.2 cm³/mol. The third-order valence-corrected chi connectivity index (χ3v) is 5.47. The smallest absolute Gasteiger partial charge is 0.261 e. The molecule has 1 amide bonds. The van der Waals surface area contributed by atoms with Crippen molar-refractivity contribution in [2.45, 2.75) is 44.3 Å². The Balaban J connectivity index is 1.40. The lowest BCUT2D eigenvalue weighted by Crippen LogP contribution is -2.42. The summed E-state index contributed by atoms with van der Waals surface area (Å²) >= 11 is 1.37. The molecule has 120 valence electrons. The lowest BCUT2D eigenvalue weighted by atomic mass is 9.95. The highest BCUT2D eigenvalue weighted by Crippen LogP contribution is 2.31. The van der Waals surface area contributed by atoms with Crippen molar-refractivity contribution in [2.75, 3.05) is 0 Å². The van der Waals surface area contributed by atoms with Crippen LogP contribution in [0.4, 0.5) is 0 Å². The van der Waals surface area contributed by atoms with E-state index in [-0.39, 0.29) is 11.9 Å². The Hall–Kier alpha value is -1.92. The van der Waals surface area contributed by atoms with Crippen molar-refractivity contribution in [1.29, 1.82) is 0 Å². The SMILES string of the molecule is Cc1cc(Oc2ccc(C(=O)NC3CC4CCC3N4)s2)ccn1. The molecule has 2 aromatic heterocycles. The van der Waals surface area contributed by atoms with Crippen LogP contribution in [0.2, 0.25) is 0 Å². The summed E-state index contributed by atoms with van der Waals surface area (Å²) in [6.07, 6.45) is 5.16. The maximum absolute atomic E-state index is 12.4. The number of hydrogen-bond acceptors (Lipinski definition) is 5. The molecule has 2 aliphatic heterocycles. The van der Waals surface area contributed by atoms with Crippen LogP contribution >= 0.6 is 11.3 Å². The fourth-order valence-corrected chi connectivity index (χ4v) is 4.20. The van der Waals surface area contributed by atoms with E-state index < -0.39 is 0 Å². The number of hydrogen-bond donors (Lipinski definition) is 2. The standard InChI is InChI=1S/C17H19N3O2S/c1-10-8-12(6-7-18-10)22-16-5-4-15(23-16)17(21)20-14-9-11-2-3-13(14)19-11/h4-8,11,13-14,19H,2-3,9H2,1H3,(H,20,21). The van der Waals surface area contributed by atoms with Crippen molar-refractivity contribution in [3.63, 3.8) is 0 Å². The highest BCUT2D eigenvalue weighted by molar-refractivity contribution is 7.15. The minimum Gasteiger partial charge on any atom is -0.447 e. The second-order valence-corrected chi connectivity index (χ2v) is 7.26. The number of carbonyl (C=O) groups excluding carboxylic acids is 1. The zero-order valence-corrected chi connectivity index (χ0v) is 13.7. The quantitative estimate of drug-likeness (QED) is 0.905. The van der Waals surface area contributed by atoms with Crippen molar-refractivity contribution in [3.8, 4) is 10.8 Å². The van der Waals surface area contributed by atoms with Gasteiger partial charge >= 0.3 is 0 Å². The van der Waals surface area contributed by atoms with Gasteiger partial charge in [-0.25, -0.2) is 0 Å². The first kappa shape index (κ1) is 14.7. The molecule has 23 heavy (non-hydrogen) atoms. The molecule has 2 fully saturated rings. The fraction of sp³-hybridized carbons (Fsp3) is 0.412. The Kier molecular flexibility index (Phi) is 3.79. The van der Waals surface area contributed by atoms with Gasteiger partial charge in [0.25, 0.3) is 5.91 Å². The molecular weight excluding hydrogens is 310 g/mol. The molecular formula is C17H19N3O2S. The number of fused-ring (bicyclic) bond motifs is 2. The normalized spacial score (nSPS) is 25.5. The van der Waals surface area contributed by atoms with E-state index in [4.69, 9.17) is 4.74 Å². The van der Waals surface area contributed by atoms with Crippen LogP contribution in [0.1, 0.15) is 34.6 Å². The van der Waals surface area contributed by atoms with Crippen molar-refractivity contribution in [1.82, 2.24) is 15.6 Å². The Morgan fingerprint density at radius 1 is 1.39 bits per heavy atom. The van der Waals surface area contributed by atoms with Crippen LogP contribution in [0.15, 0.2) is 30.5 Å². The van der Waals surface area contributed by atoms with Gasteiger partial charge in [0, 0.05) is 36.1 Å². The van der Waals surface area contributed by atoms with Gasteiger partial charge in [0.1, 0.15) is 5.75 Å². The molecule has 2 aromatic rings. The van der Waals surface area contributed by atoms with E-state index >= 15 is 0 Å². The molecule has 3 atom stereocenters. The van der Waals surface area contributed by atoms with Crippen molar-refractivity contribution in [3.05, 3.63) is 41.0 Å². The minimum atomic E-state index is -0.00453. The minimum absolute atomic E-state index is 0.00453. The third kappa shape index (κ3) is 3.09. The molecule has 2 bridgehead atoms. The number of nitrogens with one attached hydrogen (secondary N) is 2. The van der Waals surface area contributed by atoms with Crippen LogP contribution in [0.5, 0.6) is 10.8 Å². The molecule has 0 spiro atoms. The first-order valence-corrected chi connectivity index (χ1v) is 8.76. The molecule has 0 saturated carbocycles. The van der Waals surface area contributed by atoms with E-state index in [0.29, 0.717) is 22.0 Å². The summed E-state index contributed by atoms with van der Waals surface area (Å²) in [7, 11) is 0. The van der Waals surface area contributed by atoms with E-state index in [1.165, 1.54) is 17.8 Å². The summed E-state index contributed by atoms with van der Waals surface area (Å²) in [6, 6.07) is 8.64. The van der Waals surface area contributed by atoms with Crippen LogP contribution in [0.3, 0.4) is 0 Å². The molecule has 2 N–H and O–H groups in total. The Morgan fingerprint density at radius 2 is 2.30 bits per heavy atom. The topological polar surface area (TPSA) is 63.2 Å². The highest BCUT2D eigenvalue weighted by Gasteiger charge is 2.39. The van der Waals surface area contributed by atoms with Gasteiger partial charge in [-0.2, -0.15) is 0 Å². The van der Waals surface area contributed by atoms with E-state index in [1.54, 1.807) is 6.20 Å². The molecule has 6 heteroatoms. The Labute approximate surface area is 139 Å². The molecule has 0 radical (unpaired) electrons. The summed E-state index contributed by atoms with van der Waals surface area (Å²) in [5.74, 6) is 0.735. The first-order valence-electron chi connectivity index (χ1n) is 7.94. The van der Waals surface area contributed by atoms with Crippen LogP contribution in [0.25, 0.3) is 0 Å². The number of aryl methyl sites for hydroxylation is 1. The summed E-state index contributed by atoms with van der Waals surface area (Å²) in [5, 5.41) is 7.41. The molecule has 3 unspecified atom stereocenters. The van der Waals surface area contributed by atoms with Gasteiger partial charge in [-0.1, -0.05) is 11.3 Å². The van der Waals surface area contributed by atoms with Gasteiger partial charge in [-0.15, -0.1) is 0 Å². The van der Waals surface area contributed by atoms with E-state index in [1.807, 2.05) is 31.2 Å². The molecule has 2 aliphatic rings. The molecule has 2 saturated heterocycles. The lowest BCUT2D eigenvalue weighted by Gasteiger charge is -2.20. The molecule has 4 rings (SSSR count). The number of nitrogens with zero attached hydrogens (tertiary/aromatic N) is 1. The molecule has 0 aliphatic carbocycles. The van der Waals surface area contributed by atoms with E-state index in [9.17, 15) is 4.79 Å². The number of thiophene rings is 1. The second kappa shape index (κ2) is 5.94. The summed E-state index contributed by atoms with van der Waals surface area (Å²) in [4.78, 5) is 17.2. The lowest BCUT2D eigenvalue weighted by molar-refractivity contribution is 0.0935. The average Bonchev–Trinajstić information content (AvgIpc) is 3.23. The summed E-state index contributed by atoms with van der Waals surface area (Å²) < 4.78 is 5.80. The van der Waals surface area contributed by atoms with Gasteiger partial charge in [0.2, 0.25) is 0 Å². The Bertz CT molecular complexity index is 730. The summed E-state index contributed by atoms with van der Waals surface area (Å²) in [5.41, 5.74) is 0.904. The molecule has 0 aromatic carbocycles. The van der Waals surface area contributed by atoms with Gasteiger partial charge in [-0.05, 0) is 44.4 Å². The number of carbonyl (C=O) groups is 1.